The van der Waals surface area contributed by atoms with E-state index in [1.807, 2.05) is 11.8 Å². The van der Waals surface area contributed by atoms with E-state index in [1.54, 1.807) is 32.4 Å². The topological polar surface area (TPSA) is 143 Å². The fourth-order valence-corrected chi connectivity index (χ4v) is 7.33. The van der Waals surface area contributed by atoms with Crippen molar-refractivity contribution in [1.29, 1.82) is 0 Å². The smallest absolute Gasteiger partial charge is 0.280 e. The van der Waals surface area contributed by atoms with Gasteiger partial charge in [-0.2, -0.15) is 4.31 Å². The van der Waals surface area contributed by atoms with Crippen LogP contribution in [0, 0.1) is 0 Å². The van der Waals surface area contributed by atoms with Crippen molar-refractivity contribution in [3.05, 3.63) is 40.9 Å². The number of nitrogens with zero attached hydrogens (tertiary/aromatic N) is 5. The van der Waals surface area contributed by atoms with E-state index in [0.717, 1.165) is 30.8 Å². The van der Waals surface area contributed by atoms with Crippen molar-refractivity contribution < 1.29 is 32.3 Å². The summed E-state index contributed by atoms with van der Waals surface area (Å²) in [4.78, 5) is 40.7. The summed E-state index contributed by atoms with van der Waals surface area (Å²) < 4.78 is 37.6. The number of nitrogens with one attached hydrogen (secondary N) is 1. The Hall–Kier alpha value is -2.95. The van der Waals surface area contributed by atoms with Crippen LogP contribution in [0.25, 0.3) is 0 Å². The molecule has 1 aliphatic carbocycles. The predicted molar refractivity (Wildman–Crippen MR) is 167 cm³/mol. The molecule has 0 bridgehead atoms. The minimum Gasteiger partial charge on any atom is -0.392 e. The number of rotatable bonds is 13. The first kappa shape index (κ1) is 33.9. The Labute approximate surface area is 263 Å². The highest BCUT2D eigenvalue weighted by Gasteiger charge is 2.28. The van der Waals surface area contributed by atoms with E-state index in [2.05, 4.69) is 20.4 Å². The number of methoxy groups -OCH3 is 2. The van der Waals surface area contributed by atoms with Gasteiger partial charge in [0.2, 0.25) is 15.9 Å². The van der Waals surface area contributed by atoms with E-state index in [-0.39, 0.29) is 47.9 Å². The van der Waals surface area contributed by atoms with Gasteiger partial charge in [0.05, 0.1) is 17.6 Å². The largest absolute Gasteiger partial charge is 0.392 e. The van der Waals surface area contributed by atoms with Crippen molar-refractivity contribution in [3.8, 4) is 0 Å². The van der Waals surface area contributed by atoms with Crippen molar-refractivity contribution in [3.63, 3.8) is 0 Å². The summed E-state index contributed by atoms with van der Waals surface area (Å²) in [7, 11) is 0.914. The van der Waals surface area contributed by atoms with E-state index in [0.29, 0.717) is 30.2 Å². The van der Waals surface area contributed by atoms with Gasteiger partial charge in [-0.1, -0.05) is 17.3 Å². The molecule has 2 fully saturated rings. The second-order valence-electron chi connectivity index (χ2n) is 11.1. The van der Waals surface area contributed by atoms with Crippen LogP contribution in [0.3, 0.4) is 0 Å². The minimum atomic E-state index is -3.74. The summed E-state index contributed by atoms with van der Waals surface area (Å²) in [5.41, 5.74) is 0.407. The van der Waals surface area contributed by atoms with Gasteiger partial charge in [0, 0.05) is 90.0 Å². The second-order valence-corrected chi connectivity index (χ2v) is 14.2. The molecule has 2 amide bonds. The molecule has 4 rings (SSSR count). The molecule has 0 radical (unpaired) electrons. The average Bonchev–Trinajstić information content (AvgIpc) is 3.65. The van der Waals surface area contributed by atoms with Crippen molar-refractivity contribution in [2.75, 3.05) is 59.4 Å². The highest BCUT2D eigenvalue weighted by atomic mass is 32.2. The minimum absolute atomic E-state index is 0.00785. The number of carbonyl (C=O) groups is 2. The zero-order valence-corrected chi connectivity index (χ0v) is 27.5. The molecule has 13 nitrogen and oxygen atoms in total. The predicted octanol–water partition coefficient (Wildman–Crippen LogP) is 2.39. The third-order valence-electron chi connectivity index (χ3n) is 7.89. The number of hydrogen-bond donors (Lipinski definition) is 1. The Balaban J connectivity index is 1.48. The van der Waals surface area contributed by atoms with E-state index < -0.39 is 15.9 Å². The molecule has 3 atom stereocenters. The van der Waals surface area contributed by atoms with Crippen LogP contribution in [0.5, 0.6) is 0 Å². The van der Waals surface area contributed by atoms with E-state index in [4.69, 9.17) is 14.3 Å². The summed E-state index contributed by atoms with van der Waals surface area (Å²) in [5, 5.41) is 7.49. The van der Waals surface area contributed by atoms with Gasteiger partial charge in [-0.05, 0) is 31.9 Å². The van der Waals surface area contributed by atoms with Crippen LogP contribution < -0.4 is 5.32 Å². The van der Waals surface area contributed by atoms with E-state index in [1.165, 1.54) is 41.9 Å². The Morgan fingerprint density at radius 1 is 1.16 bits per heavy atom. The molecule has 2 heterocycles. The van der Waals surface area contributed by atoms with E-state index >= 15 is 0 Å². The number of sulfonamides is 1. The van der Waals surface area contributed by atoms with Crippen LogP contribution in [0.4, 0.5) is 5.13 Å². The number of carbonyl (C=O) groups excluding carboxylic acids is 2. The lowest BCUT2D eigenvalue weighted by atomic mass is 10.1. The Morgan fingerprint density at radius 3 is 2.52 bits per heavy atom. The number of ether oxygens (including phenoxy) is 2. The molecule has 0 spiro atoms. The summed E-state index contributed by atoms with van der Waals surface area (Å²) >= 11 is 1.37. The van der Waals surface area contributed by atoms with Gasteiger partial charge in [0.15, 0.2) is 10.8 Å². The number of oxime groups is 1. The molecule has 15 heteroatoms. The third-order valence-corrected chi connectivity index (χ3v) is 10.7. The maximum absolute atomic E-state index is 13.5. The molecule has 1 N–H and O–H groups in total. The molecule has 2 aliphatic rings. The molecule has 0 unspecified atom stereocenters. The summed E-state index contributed by atoms with van der Waals surface area (Å²) in [6.45, 7) is 6.95. The zero-order valence-electron chi connectivity index (χ0n) is 25.9. The molecule has 1 saturated carbocycles. The number of benzene rings is 1. The number of likely N-dealkylation sites (N-methyl/N-ethyl adjacent to an activating group) is 1. The second kappa shape index (κ2) is 15.4. The fourth-order valence-electron chi connectivity index (χ4n) is 5.33. The Kier molecular flexibility index (Phi) is 11.8. The summed E-state index contributed by atoms with van der Waals surface area (Å²) in [6.07, 6.45) is 3.86. The van der Waals surface area contributed by atoms with Gasteiger partial charge < -0.3 is 19.2 Å². The van der Waals surface area contributed by atoms with Crippen LogP contribution in [-0.4, -0.2) is 117 Å². The number of amides is 2. The zero-order chi connectivity index (χ0) is 31.9. The first-order valence-electron chi connectivity index (χ1n) is 14.6. The maximum Gasteiger partial charge on any atom is 0.280 e. The van der Waals surface area contributed by atoms with Crippen LogP contribution in [0.15, 0.2) is 40.5 Å². The molecule has 242 valence electrons. The van der Waals surface area contributed by atoms with Crippen LogP contribution in [0.2, 0.25) is 0 Å². The lowest BCUT2D eigenvalue weighted by Gasteiger charge is -2.39. The van der Waals surface area contributed by atoms with Gasteiger partial charge in [-0.25, -0.2) is 13.4 Å². The number of piperazine rings is 1. The lowest BCUT2D eigenvalue weighted by molar-refractivity contribution is -0.133. The quantitative estimate of drug-likeness (QED) is 0.255. The van der Waals surface area contributed by atoms with Crippen LogP contribution in [-0.2, 0) is 40.5 Å². The van der Waals surface area contributed by atoms with Gasteiger partial charge in [0.25, 0.3) is 5.91 Å². The monoisotopic (exact) mass is 650 g/mol. The van der Waals surface area contributed by atoms with Crippen molar-refractivity contribution >= 4 is 44.0 Å². The first-order chi connectivity index (χ1) is 21.0. The average molecular weight is 651 g/mol. The van der Waals surface area contributed by atoms with Crippen molar-refractivity contribution in [1.82, 2.24) is 19.1 Å². The van der Waals surface area contributed by atoms with Crippen molar-refractivity contribution in [2.45, 2.75) is 62.8 Å². The Bertz CT molecular complexity index is 1420. The number of aromatic nitrogens is 1. The molecular formula is C29H42N6O7S2. The van der Waals surface area contributed by atoms with Gasteiger partial charge in [-0.3, -0.25) is 19.8 Å². The maximum atomic E-state index is 13.5. The third kappa shape index (κ3) is 8.61. The molecule has 2 aromatic rings. The summed E-state index contributed by atoms with van der Waals surface area (Å²) in [6, 6.07) is 6.10. The standard InChI is InChI=1S/C29H42N6O7S2/c1-20-18-34(12-13-35(20)21(2)36)19-25-17-30-29(43-25)31-28(37)27(32-42-24-9-8-23(16-24)41-5)22-6-10-26(11-7-22)44(38,39)33(3)14-15-40-4/h6-7,10-11,17,20,23-24H,8-9,12-16,18-19H2,1-5H3,(H,30,31,37)/b32-27+/t20-,23+,24+/m0/s1. The fraction of sp³-hybridized carbons (Fsp3) is 0.586. The van der Waals surface area contributed by atoms with Gasteiger partial charge in [-0.15, -0.1) is 11.3 Å². The normalized spacial score (nSPS) is 21.5. The molecule has 1 saturated heterocycles. The molecule has 1 aromatic carbocycles. The Morgan fingerprint density at radius 2 is 1.89 bits per heavy atom. The van der Waals surface area contributed by atoms with Gasteiger partial charge >= 0.3 is 0 Å². The number of hydrogen-bond acceptors (Lipinski definition) is 11. The molecule has 1 aromatic heterocycles. The highest BCUT2D eigenvalue weighted by Crippen LogP contribution is 2.26. The molecular weight excluding hydrogens is 608 g/mol. The number of anilines is 1. The highest BCUT2D eigenvalue weighted by molar-refractivity contribution is 7.89. The van der Waals surface area contributed by atoms with Gasteiger partial charge in [0.1, 0.15) is 6.10 Å². The molecule has 44 heavy (non-hydrogen) atoms. The van der Waals surface area contributed by atoms with Crippen LogP contribution >= 0.6 is 11.3 Å². The SMILES string of the molecule is COCCN(C)S(=O)(=O)c1ccc(/C(=N\O[C@@H]2CC[C@@H](OC)C2)C(=O)Nc2ncc(CN3CCN(C(C)=O)[C@@H](C)C3)s2)cc1. The van der Waals surface area contributed by atoms with Crippen LogP contribution in [0.1, 0.15) is 43.6 Å². The van der Waals surface area contributed by atoms with Crippen molar-refractivity contribution in [2.24, 2.45) is 5.16 Å². The van der Waals surface area contributed by atoms with E-state index in [9.17, 15) is 18.0 Å². The molecule has 1 aliphatic heterocycles. The summed E-state index contributed by atoms with van der Waals surface area (Å²) in [5.74, 6) is -0.442. The number of thiazole rings is 1. The first-order valence-corrected chi connectivity index (χ1v) is 16.8. The lowest BCUT2D eigenvalue weighted by Crippen LogP contribution is -2.52.